The van der Waals surface area contributed by atoms with Crippen LogP contribution in [0.3, 0.4) is 0 Å². The van der Waals surface area contributed by atoms with Gasteiger partial charge in [0.2, 0.25) is 0 Å². The molecule has 29 heavy (non-hydrogen) atoms. The molecule has 2 aromatic heterocycles. The van der Waals surface area contributed by atoms with Crippen LogP contribution in [0.2, 0.25) is 0 Å². The van der Waals surface area contributed by atoms with Crippen LogP contribution in [0.5, 0.6) is 0 Å². The third-order valence-electron chi connectivity index (χ3n) is 4.75. The second-order valence-corrected chi connectivity index (χ2v) is 8.50. The highest BCUT2D eigenvalue weighted by atomic mass is 32.2. The highest BCUT2D eigenvalue weighted by molar-refractivity contribution is 7.98. The first-order chi connectivity index (χ1) is 14.2. The molecule has 142 valence electrons. The van der Waals surface area contributed by atoms with Gasteiger partial charge in [0.15, 0.2) is 5.16 Å². The van der Waals surface area contributed by atoms with Gasteiger partial charge in [-0.25, -0.2) is 9.37 Å². The smallest absolute Gasteiger partial charge is 0.260 e. The van der Waals surface area contributed by atoms with E-state index in [4.69, 9.17) is 0 Å². The highest BCUT2D eigenvalue weighted by Gasteiger charge is 2.14. The Kier molecular flexibility index (Phi) is 4.66. The number of nitrogens with one attached hydrogen (secondary N) is 1. The molecule has 0 radical (unpaired) electrons. The maximum absolute atomic E-state index is 13.3. The maximum Gasteiger partial charge on any atom is 0.260 e. The van der Waals surface area contributed by atoms with Crippen LogP contribution in [0.1, 0.15) is 5.56 Å². The van der Waals surface area contributed by atoms with E-state index in [1.165, 1.54) is 40.6 Å². The van der Waals surface area contributed by atoms with Crippen LogP contribution >= 0.6 is 23.1 Å². The molecule has 0 aliphatic rings. The van der Waals surface area contributed by atoms with Crippen molar-refractivity contribution in [2.24, 2.45) is 0 Å². The van der Waals surface area contributed by atoms with Crippen LogP contribution in [-0.4, -0.2) is 9.97 Å². The van der Waals surface area contributed by atoms with Crippen molar-refractivity contribution in [3.8, 4) is 11.1 Å². The molecule has 0 atom stereocenters. The zero-order valence-corrected chi connectivity index (χ0v) is 16.8. The summed E-state index contributed by atoms with van der Waals surface area (Å²) in [6.07, 6.45) is 0. The lowest BCUT2D eigenvalue weighted by atomic mass is 10.0. The number of aromatic amines is 1. The Morgan fingerprint density at radius 3 is 2.72 bits per heavy atom. The molecule has 5 rings (SSSR count). The first kappa shape index (κ1) is 18.1. The minimum absolute atomic E-state index is 0.152. The SMILES string of the molecule is O=c1[nH]c(SCc2cccc(F)c2)nc2scc(-c3ccc4ccccc4c3)c12. The Bertz CT molecular complexity index is 1410. The average Bonchev–Trinajstić information content (AvgIpc) is 3.17. The Labute approximate surface area is 174 Å². The van der Waals surface area contributed by atoms with E-state index in [0.29, 0.717) is 21.1 Å². The number of thioether (sulfide) groups is 1. The van der Waals surface area contributed by atoms with E-state index in [-0.39, 0.29) is 11.4 Å². The van der Waals surface area contributed by atoms with Crippen molar-refractivity contribution in [2.45, 2.75) is 10.9 Å². The van der Waals surface area contributed by atoms with Crippen molar-refractivity contribution in [3.63, 3.8) is 0 Å². The largest absolute Gasteiger partial charge is 0.301 e. The van der Waals surface area contributed by atoms with E-state index in [0.717, 1.165) is 22.1 Å². The predicted molar refractivity (Wildman–Crippen MR) is 119 cm³/mol. The lowest BCUT2D eigenvalue weighted by molar-refractivity contribution is 0.626. The molecule has 5 aromatic rings. The van der Waals surface area contributed by atoms with Gasteiger partial charge in [0, 0.05) is 16.7 Å². The molecule has 0 unspecified atom stereocenters. The number of H-pyrrole nitrogens is 1. The number of benzene rings is 3. The fourth-order valence-corrected chi connectivity index (χ4v) is 5.15. The molecule has 0 fully saturated rings. The Balaban J connectivity index is 1.50. The van der Waals surface area contributed by atoms with Crippen LogP contribution in [0.15, 0.2) is 82.1 Å². The quantitative estimate of drug-likeness (QED) is 0.278. The van der Waals surface area contributed by atoms with Crippen molar-refractivity contribution in [1.82, 2.24) is 9.97 Å². The monoisotopic (exact) mass is 418 g/mol. The molecule has 2 heterocycles. The number of nitrogens with zero attached hydrogens (tertiary/aromatic N) is 1. The maximum atomic E-state index is 13.3. The fraction of sp³-hybridized carbons (Fsp3) is 0.0435. The lowest BCUT2D eigenvalue weighted by Crippen LogP contribution is -2.08. The van der Waals surface area contributed by atoms with E-state index in [9.17, 15) is 9.18 Å². The van der Waals surface area contributed by atoms with Gasteiger partial charge in [-0.2, -0.15) is 0 Å². The Hall–Kier alpha value is -2.96. The highest BCUT2D eigenvalue weighted by Crippen LogP contribution is 2.33. The molecule has 3 aromatic carbocycles. The van der Waals surface area contributed by atoms with Gasteiger partial charge >= 0.3 is 0 Å². The first-order valence-corrected chi connectivity index (χ1v) is 10.9. The van der Waals surface area contributed by atoms with Crippen molar-refractivity contribution in [1.29, 1.82) is 0 Å². The van der Waals surface area contributed by atoms with Crippen LogP contribution in [0.25, 0.3) is 32.1 Å². The molecule has 0 saturated heterocycles. The number of fused-ring (bicyclic) bond motifs is 2. The summed E-state index contributed by atoms with van der Waals surface area (Å²) >= 11 is 2.85. The number of rotatable bonds is 4. The summed E-state index contributed by atoms with van der Waals surface area (Å²) in [4.78, 5) is 21.0. The van der Waals surface area contributed by atoms with E-state index in [1.807, 2.05) is 29.6 Å². The number of aromatic nitrogens is 2. The van der Waals surface area contributed by atoms with Gasteiger partial charge in [0.05, 0.1) is 5.39 Å². The van der Waals surface area contributed by atoms with Gasteiger partial charge in [-0.3, -0.25) is 4.79 Å². The normalized spacial score (nSPS) is 11.3. The number of halogens is 1. The number of hydrogen-bond donors (Lipinski definition) is 1. The van der Waals surface area contributed by atoms with E-state index in [2.05, 4.69) is 34.2 Å². The minimum atomic E-state index is -0.265. The molecule has 6 heteroatoms. The van der Waals surface area contributed by atoms with Gasteiger partial charge < -0.3 is 4.98 Å². The zero-order valence-electron chi connectivity index (χ0n) is 15.2. The minimum Gasteiger partial charge on any atom is -0.301 e. The lowest BCUT2D eigenvalue weighted by Gasteiger charge is -2.04. The van der Waals surface area contributed by atoms with E-state index >= 15 is 0 Å². The summed E-state index contributed by atoms with van der Waals surface area (Å²) in [5, 5.41) is 5.44. The van der Waals surface area contributed by atoms with Gasteiger partial charge in [0.25, 0.3) is 5.56 Å². The summed E-state index contributed by atoms with van der Waals surface area (Å²) in [6.45, 7) is 0. The number of thiophene rings is 1. The molecule has 0 aliphatic heterocycles. The third-order valence-corrected chi connectivity index (χ3v) is 6.56. The van der Waals surface area contributed by atoms with Gasteiger partial charge in [-0.15, -0.1) is 11.3 Å². The van der Waals surface area contributed by atoms with E-state index in [1.54, 1.807) is 6.07 Å². The summed E-state index contributed by atoms with van der Waals surface area (Å²) in [7, 11) is 0. The van der Waals surface area contributed by atoms with Crippen LogP contribution in [-0.2, 0) is 5.75 Å². The fourth-order valence-electron chi connectivity index (χ4n) is 3.35. The third kappa shape index (κ3) is 3.57. The van der Waals surface area contributed by atoms with E-state index < -0.39 is 0 Å². The summed E-state index contributed by atoms with van der Waals surface area (Å²) in [5.74, 6) is 0.271. The molecule has 0 aliphatic carbocycles. The zero-order chi connectivity index (χ0) is 19.8. The summed E-state index contributed by atoms with van der Waals surface area (Å²) in [5.41, 5.74) is 2.59. The van der Waals surface area contributed by atoms with Crippen molar-refractivity contribution in [2.75, 3.05) is 0 Å². The van der Waals surface area contributed by atoms with Crippen LogP contribution in [0.4, 0.5) is 4.39 Å². The molecule has 0 bridgehead atoms. The molecular formula is C23H15FN2OS2. The molecule has 0 spiro atoms. The topological polar surface area (TPSA) is 45.8 Å². The standard InChI is InChI=1S/C23H15FN2OS2/c24-18-7-3-4-14(10-18)12-29-23-25-21(27)20-19(13-28-22(20)26-23)17-9-8-15-5-1-2-6-16(15)11-17/h1-11,13H,12H2,(H,25,26,27). The Morgan fingerprint density at radius 2 is 1.86 bits per heavy atom. The van der Waals surface area contributed by atoms with Crippen molar-refractivity contribution >= 4 is 44.1 Å². The van der Waals surface area contributed by atoms with Gasteiger partial charge in [-0.05, 0) is 40.1 Å². The molecular weight excluding hydrogens is 403 g/mol. The first-order valence-electron chi connectivity index (χ1n) is 9.05. The molecule has 1 N–H and O–H groups in total. The molecule has 3 nitrogen and oxygen atoms in total. The second kappa shape index (κ2) is 7.46. The summed E-state index contributed by atoms with van der Waals surface area (Å²) in [6, 6.07) is 20.8. The van der Waals surface area contributed by atoms with Crippen molar-refractivity contribution < 1.29 is 4.39 Å². The summed E-state index contributed by atoms with van der Waals surface area (Å²) < 4.78 is 13.3. The molecule has 0 saturated carbocycles. The predicted octanol–water partition coefficient (Wildman–Crippen LogP) is 6.24. The van der Waals surface area contributed by atoms with Crippen LogP contribution in [0, 0.1) is 5.82 Å². The molecule has 0 amide bonds. The van der Waals surface area contributed by atoms with Crippen molar-refractivity contribution in [3.05, 3.63) is 93.8 Å². The Morgan fingerprint density at radius 1 is 1.00 bits per heavy atom. The van der Waals surface area contributed by atoms with Gasteiger partial charge in [-0.1, -0.05) is 60.3 Å². The number of hydrogen-bond acceptors (Lipinski definition) is 4. The second-order valence-electron chi connectivity index (χ2n) is 6.68. The average molecular weight is 419 g/mol. The van der Waals surface area contributed by atoms with Gasteiger partial charge in [0.1, 0.15) is 10.6 Å². The van der Waals surface area contributed by atoms with Crippen LogP contribution < -0.4 is 5.56 Å².